The van der Waals surface area contributed by atoms with Crippen LogP contribution in [0.5, 0.6) is 0 Å². The van der Waals surface area contributed by atoms with E-state index in [9.17, 15) is 0 Å². The summed E-state index contributed by atoms with van der Waals surface area (Å²) in [6.45, 7) is 8.46. The SMILES string of the molecule is Cc1nc(N)sc1-c1nc2cnccc2n1C(C)(C)C. The first kappa shape index (κ1) is 13.1. The summed E-state index contributed by atoms with van der Waals surface area (Å²) in [5.74, 6) is 0.909. The van der Waals surface area contributed by atoms with E-state index in [1.165, 1.54) is 11.3 Å². The molecule has 0 aliphatic heterocycles. The van der Waals surface area contributed by atoms with Crippen LogP contribution in [0.3, 0.4) is 0 Å². The molecule has 20 heavy (non-hydrogen) atoms. The van der Waals surface area contributed by atoms with E-state index in [0.717, 1.165) is 27.4 Å². The third kappa shape index (κ3) is 1.96. The number of nitrogen functional groups attached to an aromatic ring is 1. The highest BCUT2D eigenvalue weighted by Crippen LogP contribution is 2.36. The Labute approximate surface area is 121 Å². The Morgan fingerprint density at radius 3 is 2.60 bits per heavy atom. The van der Waals surface area contributed by atoms with Crippen LogP contribution < -0.4 is 5.73 Å². The number of imidazole rings is 1. The monoisotopic (exact) mass is 287 g/mol. The molecule has 0 aliphatic carbocycles. The number of fused-ring (bicyclic) bond motifs is 1. The van der Waals surface area contributed by atoms with Gasteiger partial charge in [-0.1, -0.05) is 11.3 Å². The Morgan fingerprint density at radius 2 is 2.00 bits per heavy atom. The second-order valence-electron chi connectivity index (χ2n) is 5.77. The van der Waals surface area contributed by atoms with E-state index in [1.54, 1.807) is 12.4 Å². The molecule has 3 rings (SSSR count). The number of pyridine rings is 1. The normalized spacial score (nSPS) is 12.2. The Bertz CT molecular complexity index is 779. The quantitative estimate of drug-likeness (QED) is 0.746. The summed E-state index contributed by atoms with van der Waals surface area (Å²) in [6.07, 6.45) is 3.59. The van der Waals surface area contributed by atoms with Gasteiger partial charge in [0.1, 0.15) is 5.52 Å². The Balaban J connectivity index is 2.38. The molecule has 0 amide bonds. The average Bonchev–Trinajstić information content (AvgIpc) is 2.88. The van der Waals surface area contributed by atoms with E-state index in [4.69, 9.17) is 10.7 Å². The lowest BCUT2D eigenvalue weighted by atomic mass is 10.1. The lowest BCUT2D eigenvalue weighted by Crippen LogP contribution is -2.22. The molecule has 0 aliphatic rings. The number of nitrogens with two attached hydrogens (primary N) is 1. The van der Waals surface area contributed by atoms with Gasteiger partial charge in [-0.15, -0.1) is 0 Å². The summed E-state index contributed by atoms with van der Waals surface area (Å²) in [5.41, 5.74) is 8.63. The minimum atomic E-state index is -0.0867. The van der Waals surface area contributed by atoms with Gasteiger partial charge in [0, 0.05) is 11.7 Å². The van der Waals surface area contributed by atoms with Crippen molar-refractivity contribution < 1.29 is 0 Å². The van der Waals surface area contributed by atoms with Crippen molar-refractivity contribution >= 4 is 27.5 Å². The first-order chi connectivity index (χ1) is 9.38. The maximum Gasteiger partial charge on any atom is 0.180 e. The van der Waals surface area contributed by atoms with Crippen LogP contribution in [0.15, 0.2) is 18.5 Å². The minimum absolute atomic E-state index is 0.0867. The molecule has 0 fully saturated rings. The third-order valence-corrected chi connectivity index (χ3v) is 4.13. The van der Waals surface area contributed by atoms with Crippen LogP contribution in [0.4, 0.5) is 5.13 Å². The molecule has 2 N–H and O–H groups in total. The van der Waals surface area contributed by atoms with Gasteiger partial charge in [-0.2, -0.15) is 0 Å². The van der Waals surface area contributed by atoms with Crippen molar-refractivity contribution in [3.63, 3.8) is 0 Å². The van der Waals surface area contributed by atoms with Crippen LogP contribution in [0, 0.1) is 6.92 Å². The van der Waals surface area contributed by atoms with Gasteiger partial charge >= 0.3 is 0 Å². The van der Waals surface area contributed by atoms with Gasteiger partial charge in [-0.05, 0) is 33.8 Å². The van der Waals surface area contributed by atoms with Gasteiger partial charge in [-0.25, -0.2) is 9.97 Å². The molecule has 3 aromatic heterocycles. The Kier molecular flexibility index (Phi) is 2.79. The molecule has 3 aromatic rings. The van der Waals surface area contributed by atoms with Gasteiger partial charge in [0.2, 0.25) is 0 Å². The first-order valence-electron chi connectivity index (χ1n) is 6.44. The van der Waals surface area contributed by atoms with Crippen molar-refractivity contribution in [1.29, 1.82) is 0 Å². The second-order valence-corrected chi connectivity index (χ2v) is 6.80. The number of aromatic nitrogens is 4. The van der Waals surface area contributed by atoms with Crippen LogP contribution in [0.1, 0.15) is 26.5 Å². The molecule has 104 valence electrons. The molecule has 0 aromatic carbocycles. The lowest BCUT2D eigenvalue weighted by Gasteiger charge is -2.24. The van der Waals surface area contributed by atoms with E-state index in [1.807, 2.05) is 13.0 Å². The number of hydrogen-bond acceptors (Lipinski definition) is 5. The number of nitrogens with zero attached hydrogens (tertiary/aromatic N) is 4. The number of rotatable bonds is 1. The van der Waals surface area contributed by atoms with Crippen LogP contribution >= 0.6 is 11.3 Å². The maximum absolute atomic E-state index is 5.83. The molecular formula is C14H17N5S. The fourth-order valence-electron chi connectivity index (χ4n) is 2.39. The van der Waals surface area contributed by atoms with Crippen molar-refractivity contribution in [1.82, 2.24) is 19.5 Å². The summed E-state index contributed by atoms with van der Waals surface area (Å²) >= 11 is 1.48. The lowest BCUT2D eigenvalue weighted by molar-refractivity contribution is 0.413. The number of thiazole rings is 1. The van der Waals surface area contributed by atoms with Crippen molar-refractivity contribution in [3.05, 3.63) is 24.2 Å². The van der Waals surface area contributed by atoms with Crippen LogP contribution in [0.2, 0.25) is 0 Å². The largest absolute Gasteiger partial charge is 0.375 e. The molecule has 3 heterocycles. The minimum Gasteiger partial charge on any atom is -0.375 e. The summed E-state index contributed by atoms with van der Waals surface area (Å²) in [7, 11) is 0. The first-order valence-corrected chi connectivity index (χ1v) is 7.26. The van der Waals surface area contributed by atoms with Crippen molar-refractivity contribution in [2.75, 3.05) is 5.73 Å². The van der Waals surface area contributed by atoms with Crippen molar-refractivity contribution in [3.8, 4) is 10.7 Å². The molecule has 5 nitrogen and oxygen atoms in total. The van der Waals surface area contributed by atoms with Gasteiger partial charge in [0.15, 0.2) is 11.0 Å². The Hall–Kier alpha value is -1.95. The number of anilines is 1. The Morgan fingerprint density at radius 1 is 1.25 bits per heavy atom. The third-order valence-electron chi connectivity index (χ3n) is 3.14. The summed E-state index contributed by atoms with van der Waals surface area (Å²) in [6, 6.07) is 2.00. The second kappa shape index (κ2) is 4.28. The standard InChI is InChI=1S/C14H17N5S/c1-8-11(20-13(15)17-8)12-18-9-7-16-6-5-10(9)19(12)14(2,3)4/h5-7H,1-4H3,(H2,15,17). The summed E-state index contributed by atoms with van der Waals surface area (Å²) < 4.78 is 2.23. The van der Waals surface area contributed by atoms with Crippen molar-refractivity contribution in [2.45, 2.75) is 33.2 Å². The maximum atomic E-state index is 5.83. The fraction of sp³-hybridized carbons (Fsp3) is 0.357. The molecule has 0 spiro atoms. The smallest absolute Gasteiger partial charge is 0.180 e. The summed E-state index contributed by atoms with van der Waals surface area (Å²) in [4.78, 5) is 14.2. The van der Waals surface area contributed by atoms with Crippen LogP contribution in [-0.2, 0) is 5.54 Å². The predicted molar refractivity (Wildman–Crippen MR) is 82.8 cm³/mol. The van der Waals surface area contributed by atoms with Gasteiger partial charge < -0.3 is 10.3 Å². The molecule has 0 bridgehead atoms. The zero-order valence-electron chi connectivity index (χ0n) is 12.0. The van der Waals surface area contributed by atoms with E-state index < -0.39 is 0 Å². The average molecular weight is 287 g/mol. The molecule has 0 saturated carbocycles. The zero-order valence-corrected chi connectivity index (χ0v) is 12.8. The van der Waals surface area contributed by atoms with E-state index in [-0.39, 0.29) is 5.54 Å². The van der Waals surface area contributed by atoms with Gasteiger partial charge in [0.05, 0.1) is 22.3 Å². The summed E-state index contributed by atoms with van der Waals surface area (Å²) in [5, 5.41) is 0.572. The predicted octanol–water partition coefficient (Wildman–Crippen LogP) is 3.20. The van der Waals surface area contributed by atoms with E-state index >= 15 is 0 Å². The molecular weight excluding hydrogens is 270 g/mol. The molecule has 0 unspecified atom stereocenters. The van der Waals surface area contributed by atoms with E-state index in [2.05, 4.69) is 35.3 Å². The fourth-order valence-corrected chi connectivity index (χ4v) is 3.20. The molecule has 6 heteroatoms. The highest BCUT2D eigenvalue weighted by Gasteiger charge is 2.24. The molecule has 0 radical (unpaired) electrons. The van der Waals surface area contributed by atoms with E-state index in [0.29, 0.717) is 5.13 Å². The number of hydrogen-bond donors (Lipinski definition) is 1. The highest BCUT2D eigenvalue weighted by atomic mass is 32.1. The van der Waals surface area contributed by atoms with Crippen LogP contribution in [0.25, 0.3) is 21.7 Å². The molecule has 0 saturated heterocycles. The van der Waals surface area contributed by atoms with Crippen LogP contribution in [-0.4, -0.2) is 19.5 Å². The van der Waals surface area contributed by atoms with Crippen molar-refractivity contribution in [2.24, 2.45) is 0 Å². The topological polar surface area (TPSA) is 69.6 Å². The molecule has 0 atom stereocenters. The highest BCUT2D eigenvalue weighted by molar-refractivity contribution is 7.18. The number of aryl methyl sites for hydroxylation is 1. The van der Waals surface area contributed by atoms with Gasteiger partial charge in [-0.3, -0.25) is 4.98 Å². The van der Waals surface area contributed by atoms with Gasteiger partial charge in [0.25, 0.3) is 0 Å². The zero-order chi connectivity index (χ0) is 14.5.